The van der Waals surface area contributed by atoms with E-state index in [4.69, 9.17) is 0 Å². The second-order valence-corrected chi connectivity index (χ2v) is 4.42. The van der Waals surface area contributed by atoms with Crippen LogP contribution in [0.1, 0.15) is 31.4 Å². The third kappa shape index (κ3) is 1.80. The third-order valence-electron chi connectivity index (χ3n) is 3.32. The molecule has 1 N–H and O–H groups in total. The molecule has 2 aromatic rings. The lowest BCUT2D eigenvalue weighted by Gasteiger charge is -2.10. The molecule has 1 aliphatic carbocycles. The predicted octanol–water partition coefficient (Wildman–Crippen LogP) is 1.76. The summed E-state index contributed by atoms with van der Waals surface area (Å²) in [6.45, 7) is 0.899. The van der Waals surface area contributed by atoms with Gasteiger partial charge in [-0.1, -0.05) is 12.8 Å². The monoisotopic (exact) mass is 216 g/mol. The van der Waals surface area contributed by atoms with Gasteiger partial charge in [-0.3, -0.25) is 9.38 Å². The first-order valence-electron chi connectivity index (χ1n) is 5.93. The molecule has 0 amide bonds. The van der Waals surface area contributed by atoms with Crippen molar-refractivity contribution in [1.29, 1.82) is 0 Å². The first-order valence-corrected chi connectivity index (χ1v) is 5.93. The Morgan fingerprint density at radius 2 is 2.19 bits per heavy atom. The zero-order chi connectivity index (χ0) is 10.8. The van der Waals surface area contributed by atoms with Crippen molar-refractivity contribution in [2.75, 3.05) is 0 Å². The molecule has 0 aromatic carbocycles. The van der Waals surface area contributed by atoms with Crippen LogP contribution in [0.5, 0.6) is 0 Å². The molecule has 0 bridgehead atoms. The Hall–Kier alpha value is -1.42. The van der Waals surface area contributed by atoms with E-state index in [0.717, 1.165) is 12.2 Å². The van der Waals surface area contributed by atoms with Crippen molar-refractivity contribution >= 4 is 5.65 Å². The van der Waals surface area contributed by atoms with E-state index in [1.165, 1.54) is 31.4 Å². The van der Waals surface area contributed by atoms with E-state index in [1.54, 1.807) is 12.4 Å². The zero-order valence-corrected chi connectivity index (χ0v) is 9.26. The second kappa shape index (κ2) is 4.22. The Balaban J connectivity index is 1.73. The van der Waals surface area contributed by atoms with Gasteiger partial charge in [0.2, 0.25) is 0 Å². The minimum atomic E-state index is 0.701. The van der Waals surface area contributed by atoms with E-state index < -0.39 is 0 Å². The number of hydrogen-bond acceptors (Lipinski definition) is 3. The fraction of sp³-hybridized carbons (Fsp3) is 0.500. The van der Waals surface area contributed by atoms with Crippen molar-refractivity contribution in [2.45, 2.75) is 38.3 Å². The fourth-order valence-electron chi connectivity index (χ4n) is 2.40. The molecular formula is C12H16N4. The maximum Gasteiger partial charge on any atom is 0.155 e. The highest BCUT2D eigenvalue weighted by Crippen LogP contribution is 2.18. The van der Waals surface area contributed by atoms with Crippen LogP contribution in [0.15, 0.2) is 24.8 Å². The second-order valence-electron chi connectivity index (χ2n) is 4.42. The van der Waals surface area contributed by atoms with Crippen molar-refractivity contribution in [1.82, 2.24) is 19.7 Å². The van der Waals surface area contributed by atoms with Gasteiger partial charge in [-0.05, 0) is 12.8 Å². The van der Waals surface area contributed by atoms with Crippen molar-refractivity contribution < 1.29 is 0 Å². The molecule has 0 saturated heterocycles. The highest BCUT2D eigenvalue weighted by molar-refractivity contribution is 5.36. The Morgan fingerprint density at radius 3 is 3.06 bits per heavy atom. The van der Waals surface area contributed by atoms with Crippen LogP contribution in [0.25, 0.3) is 5.65 Å². The Morgan fingerprint density at radius 1 is 1.31 bits per heavy atom. The van der Waals surface area contributed by atoms with Gasteiger partial charge in [0.05, 0.1) is 18.1 Å². The normalized spacial score (nSPS) is 17.2. The molecular weight excluding hydrogens is 200 g/mol. The highest BCUT2D eigenvalue weighted by atomic mass is 15.1. The maximum atomic E-state index is 4.32. The molecule has 0 aliphatic heterocycles. The smallest absolute Gasteiger partial charge is 0.155 e. The van der Waals surface area contributed by atoms with Crippen LogP contribution < -0.4 is 5.32 Å². The highest BCUT2D eigenvalue weighted by Gasteiger charge is 2.14. The summed E-state index contributed by atoms with van der Waals surface area (Å²) in [6.07, 6.45) is 12.9. The fourth-order valence-corrected chi connectivity index (χ4v) is 2.40. The number of nitrogens with one attached hydrogen (secondary N) is 1. The van der Waals surface area contributed by atoms with Crippen LogP contribution in [0, 0.1) is 0 Å². The molecule has 0 atom stereocenters. The summed E-state index contributed by atoms with van der Waals surface area (Å²) < 4.78 is 2.09. The van der Waals surface area contributed by atoms with Crippen LogP contribution in [0.2, 0.25) is 0 Å². The minimum Gasteiger partial charge on any atom is -0.308 e. The van der Waals surface area contributed by atoms with E-state index in [0.29, 0.717) is 6.04 Å². The average molecular weight is 216 g/mol. The van der Waals surface area contributed by atoms with E-state index in [2.05, 4.69) is 19.7 Å². The third-order valence-corrected chi connectivity index (χ3v) is 3.32. The van der Waals surface area contributed by atoms with Gasteiger partial charge >= 0.3 is 0 Å². The topological polar surface area (TPSA) is 42.2 Å². The lowest BCUT2D eigenvalue weighted by molar-refractivity contribution is 0.518. The van der Waals surface area contributed by atoms with Crippen molar-refractivity contribution in [3.05, 3.63) is 30.5 Å². The van der Waals surface area contributed by atoms with Gasteiger partial charge in [0, 0.05) is 25.0 Å². The number of imidazole rings is 1. The van der Waals surface area contributed by atoms with Crippen molar-refractivity contribution in [3.63, 3.8) is 0 Å². The summed E-state index contributed by atoms with van der Waals surface area (Å²) in [5.41, 5.74) is 2.13. The van der Waals surface area contributed by atoms with Gasteiger partial charge < -0.3 is 5.32 Å². The van der Waals surface area contributed by atoms with Crippen LogP contribution in [0.3, 0.4) is 0 Å². The average Bonchev–Trinajstić information content (AvgIpc) is 2.96. The van der Waals surface area contributed by atoms with Gasteiger partial charge in [-0.2, -0.15) is 0 Å². The molecule has 1 saturated carbocycles. The number of nitrogens with zero attached hydrogens (tertiary/aromatic N) is 3. The summed E-state index contributed by atoms with van der Waals surface area (Å²) in [7, 11) is 0. The molecule has 2 heterocycles. The molecule has 1 aliphatic rings. The lowest BCUT2D eigenvalue weighted by atomic mass is 10.2. The van der Waals surface area contributed by atoms with E-state index in [-0.39, 0.29) is 0 Å². The molecule has 16 heavy (non-hydrogen) atoms. The quantitative estimate of drug-likeness (QED) is 0.850. The first kappa shape index (κ1) is 9.78. The molecule has 4 nitrogen and oxygen atoms in total. The standard InChI is InChI=1S/C12H16N4/c1-2-4-10(3-1)14-7-11-8-15-12-9-13-5-6-16(11)12/h5-6,8-10,14H,1-4,7H2. The molecule has 0 radical (unpaired) electrons. The van der Waals surface area contributed by atoms with Crippen molar-refractivity contribution in [3.8, 4) is 0 Å². The largest absolute Gasteiger partial charge is 0.308 e. The molecule has 3 rings (SSSR count). The number of rotatable bonds is 3. The van der Waals surface area contributed by atoms with Gasteiger partial charge in [-0.15, -0.1) is 0 Å². The molecule has 0 unspecified atom stereocenters. The van der Waals surface area contributed by atoms with Crippen LogP contribution >= 0.6 is 0 Å². The number of hydrogen-bond donors (Lipinski definition) is 1. The van der Waals surface area contributed by atoms with E-state index >= 15 is 0 Å². The lowest BCUT2D eigenvalue weighted by Crippen LogP contribution is -2.25. The van der Waals surface area contributed by atoms with Gasteiger partial charge in [0.1, 0.15) is 0 Å². The minimum absolute atomic E-state index is 0.701. The van der Waals surface area contributed by atoms with Crippen LogP contribution in [0.4, 0.5) is 0 Å². The van der Waals surface area contributed by atoms with E-state index in [1.807, 2.05) is 12.4 Å². The predicted molar refractivity (Wildman–Crippen MR) is 62.1 cm³/mol. The van der Waals surface area contributed by atoms with Gasteiger partial charge in [0.25, 0.3) is 0 Å². The van der Waals surface area contributed by atoms with E-state index in [9.17, 15) is 0 Å². The Labute approximate surface area is 94.7 Å². The molecule has 2 aromatic heterocycles. The summed E-state index contributed by atoms with van der Waals surface area (Å²) in [5, 5.41) is 3.59. The number of fused-ring (bicyclic) bond motifs is 1. The Bertz CT molecular complexity index is 471. The summed E-state index contributed by atoms with van der Waals surface area (Å²) in [6, 6.07) is 0.701. The molecule has 1 fully saturated rings. The molecule has 0 spiro atoms. The SMILES string of the molecule is c1cn2c(CNC3CCCC3)cnc2cn1. The van der Waals surface area contributed by atoms with Crippen molar-refractivity contribution in [2.24, 2.45) is 0 Å². The summed E-state index contributed by atoms with van der Waals surface area (Å²) in [4.78, 5) is 8.38. The molecule has 4 heteroatoms. The van der Waals surface area contributed by atoms with Gasteiger partial charge in [-0.25, -0.2) is 4.98 Å². The van der Waals surface area contributed by atoms with Gasteiger partial charge in [0.15, 0.2) is 5.65 Å². The zero-order valence-electron chi connectivity index (χ0n) is 9.26. The Kier molecular flexibility index (Phi) is 2.58. The summed E-state index contributed by atoms with van der Waals surface area (Å²) in [5.74, 6) is 0. The first-order chi connectivity index (χ1) is 7.93. The molecule has 84 valence electrons. The van der Waals surface area contributed by atoms with Crippen LogP contribution in [-0.4, -0.2) is 20.4 Å². The number of aromatic nitrogens is 3. The summed E-state index contributed by atoms with van der Waals surface area (Å²) >= 11 is 0. The maximum absolute atomic E-state index is 4.32. The van der Waals surface area contributed by atoms with Crippen LogP contribution in [-0.2, 0) is 6.54 Å².